The van der Waals surface area contributed by atoms with E-state index in [9.17, 15) is 14.7 Å². The van der Waals surface area contributed by atoms with Gasteiger partial charge in [0.25, 0.3) is 0 Å². The lowest BCUT2D eigenvalue weighted by Crippen LogP contribution is -2.21. The fraction of sp³-hybridized carbons (Fsp3) is 0.154. The van der Waals surface area contributed by atoms with Gasteiger partial charge in [0.1, 0.15) is 11.9 Å². The van der Waals surface area contributed by atoms with Crippen LogP contribution in [0.1, 0.15) is 18.6 Å². The molecule has 0 unspecified atom stereocenters. The Morgan fingerprint density at radius 1 is 1.09 bits per heavy atom. The Kier molecular flexibility index (Phi) is 9.44. The van der Waals surface area contributed by atoms with Crippen LogP contribution >= 0.6 is 34.4 Å². The highest BCUT2D eigenvalue weighted by Crippen LogP contribution is 2.35. The van der Waals surface area contributed by atoms with Crippen molar-refractivity contribution in [2.45, 2.75) is 17.9 Å². The molecule has 5 N–H and O–H groups in total. The van der Waals surface area contributed by atoms with Gasteiger partial charge in [-0.05, 0) is 89.5 Å². The molecule has 0 saturated heterocycles. The molecule has 0 fully saturated rings. The number of hydrogen-bond acceptors (Lipinski definition) is 6. The van der Waals surface area contributed by atoms with Crippen LogP contribution < -0.4 is 16.4 Å². The number of thioether (sulfide) groups is 1. The van der Waals surface area contributed by atoms with Gasteiger partial charge >= 0.3 is 6.09 Å². The van der Waals surface area contributed by atoms with Crippen molar-refractivity contribution in [2.75, 3.05) is 22.6 Å². The number of aromatic hydroxyl groups is 1. The predicted octanol–water partition coefficient (Wildman–Crippen LogP) is 6.42. The van der Waals surface area contributed by atoms with Crippen LogP contribution in [0.4, 0.5) is 21.9 Å². The molecule has 182 valence electrons. The summed E-state index contributed by atoms with van der Waals surface area (Å²) >= 11 is 3.72. The summed E-state index contributed by atoms with van der Waals surface area (Å²) in [6.45, 7) is 1.80. The maximum atomic E-state index is 12.7. The summed E-state index contributed by atoms with van der Waals surface area (Å²) in [4.78, 5) is 26.2. The van der Waals surface area contributed by atoms with Crippen LogP contribution in [0.2, 0.25) is 0 Å². The minimum atomic E-state index is -0.846. The number of nitrogens with two attached hydrogens (primary N) is 1. The monoisotopic (exact) mass is 603 g/mol. The summed E-state index contributed by atoms with van der Waals surface area (Å²) in [5, 5.41) is 15.9. The minimum Gasteiger partial charge on any atom is -0.508 e. The van der Waals surface area contributed by atoms with Crippen molar-refractivity contribution < 1.29 is 19.4 Å². The smallest absolute Gasteiger partial charge is 0.412 e. The molecule has 2 atom stereocenters. The van der Waals surface area contributed by atoms with Gasteiger partial charge in [-0.25, -0.2) is 4.79 Å². The molecule has 3 rings (SSSR count). The topological polar surface area (TPSA) is 114 Å². The van der Waals surface area contributed by atoms with E-state index in [1.54, 1.807) is 79.4 Å². The van der Waals surface area contributed by atoms with E-state index >= 15 is 0 Å². The molecule has 0 bridgehead atoms. The second kappa shape index (κ2) is 12.5. The quantitative estimate of drug-likeness (QED) is 0.102. The zero-order valence-electron chi connectivity index (χ0n) is 19.2. The number of benzene rings is 3. The Hall–Kier alpha value is -3.18. The second-order valence-corrected chi connectivity index (χ2v) is 9.80. The molecule has 0 spiro atoms. The number of phenols is 1. The number of hydrogen-bond donors (Lipinski definition) is 4. The standard InChI is InChI=1S/C26H26IN3O4S/c1-16(7-14-24(32)30-22-6-4-3-5-21(22)28)25(20-15-17(27)8-13-23(20)31)34-26(33)29-18-9-11-19(35-2)12-10-18/h3-16,25,31H,28H2,1-2H3,(H,29,33)(H,30,32)/b14-7+/t16-,25+/m1/s1. The lowest BCUT2D eigenvalue weighted by molar-refractivity contribution is -0.111. The molecule has 0 aliphatic carbocycles. The molecule has 0 saturated carbocycles. The maximum Gasteiger partial charge on any atom is 0.412 e. The van der Waals surface area contributed by atoms with Crippen molar-refractivity contribution in [3.63, 3.8) is 0 Å². The highest BCUT2D eigenvalue weighted by molar-refractivity contribution is 14.1. The third-order valence-corrected chi connectivity index (χ3v) is 6.53. The maximum absolute atomic E-state index is 12.7. The van der Waals surface area contributed by atoms with Gasteiger partial charge in [0.15, 0.2) is 0 Å². The molecule has 0 aliphatic rings. The van der Waals surface area contributed by atoms with Crippen LogP contribution in [0.5, 0.6) is 5.75 Å². The SMILES string of the molecule is CSc1ccc(NC(=O)O[C@H](c2cc(I)ccc2O)[C@H](C)/C=C/C(=O)Nc2ccccc2N)cc1. The third-order valence-electron chi connectivity index (χ3n) is 5.11. The lowest BCUT2D eigenvalue weighted by atomic mass is 9.96. The molecule has 3 aromatic rings. The number of anilines is 3. The first-order valence-corrected chi connectivity index (χ1v) is 13.0. The van der Waals surface area contributed by atoms with Gasteiger partial charge in [0.2, 0.25) is 5.91 Å². The van der Waals surface area contributed by atoms with E-state index in [0.29, 0.717) is 22.6 Å². The van der Waals surface area contributed by atoms with Crippen molar-refractivity contribution in [3.05, 3.63) is 88.0 Å². The van der Waals surface area contributed by atoms with Gasteiger partial charge in [0, 0.05) is 25.6 Å². The van der Waals surface area contributed by atoms with Gasteiger partial charge in [0.05, 0.1) is 11.4 Å². The van der Waals surface area contributed by atoms with Crippen molar-refractivity contribution in [1.29, 1.82) is 0 Å². The average molecular weight is 603 g/mol. The number of ether oxygens (including phenoxy) is 1. The molecule has 3 aromatic carbocycles. The van der Waals surface area contributed by atoms with Crippen molar-refractivity contribution >= 4 is 63.4 Å². The number of para-hydroxylation sites is 2. The highest BCUT2D eigenvalue weighted by Gasteiger charge is 2.25. The normalized spacial score (nSPS) is 12.7. The largest absolute Gasteiger partial charge is 0.508 e. The van der Waals surface area contributed by atoms with Gasteiger partial charge in [-0.1, -0.05) is 25.1 Å². The number of rotatable bonds is 8. The fourth-order valence-electron chi connectivity index (χ4n) is 3.27. The van der Waals surface area contributed by atoms with Crippen molar-refractivity contribution in [1.82, 2.24) is 0 Å². The summed E-state index contributed by atoms with van der Waals surface area (Å²) in [6, 6.07) is 19.4. The van der Waals surface area contributed by atoms with Crippen LogP contribution in [0, 0.1) is 9.49 Å². The number of nitrogen functional groups attached to an aromatic ring is 1. The molecule has 35 heavy (non-hydrogen) atoms. The zero-order chi connectivity index (χ0) is 25.4. The van der Waals surface area contributed by atoms with Crippen molar-refractivity contribution in [3.8, 4) is 5.75 Å². The Balaban J connectivity index is 1.77. The Morgan fingerprint density at radius 2 is 1.80 bits per heavy atom. The summed E-state index contributed by atoms with van der Waals surface area (Å²) in [6.07, 6.45) is 3.43. The molecule has 2 amide bonds. The number of carbonyl (C=O) groups excluding carboxylic acids is 2. The lowest BCUT2D eigenvalue weighted by Gasteiger charge is -2.24. The average Bonchev–Trinajstić information content (AvgIpc) is 2.84. The Labute approximate surface area is 222 Å². The third kappa shape index (κ3) is 7.66. The van der Waals surface area contributed by atoms with Crippen LogP contribution in [0.3, 0.4) is 0 Å². The summed E-state index contributed by atoms with van der Waals surface area (Å²) in [5.41, 5.74) is 7.86. The van der Waals surface area contributed by atoms with E-state index < -0.39 is 18.1 Å². The van der Waals surface area contributed by atoms with Crippen molar-refractivity contribution in [2.24, 2.45) is 5.92 Å². The van der Waals surface area contributed by atoms with E-state index in [2.05, 4.69) is 33.2 Å². The summed E-state index contributed by atoms with van der Waals surface area (Å²) in [7, 11) is 0. The van der Waals surface area contributed by atoms with E-state index in [4.69, 9.17) is 10.5 Å². The van der Waals surface area contributed by atoms with Crippen LogP contribution in [0.25, 0.3) is 0 Å². The molecular formula is C26H26IN3O4S. The Morgan fingerprint density at radius 3 is 2.49 bits per heavy atom. The number of amides is 2. The zero-order valence-corrected chi connectivity index (χ0v) is 22.2. The van der Waals surface area contributed by atoms with Gasteiger partial charge in [-0.2, -0.15) is 0 Å². The number of carbonyl (C=O) groups is 2. The van der Waals surface area contributed by atoms with Gasteiger partial charge < -0.3 is 20.9 Å². The van der Waals surface area contributed by atoms with Crippen LogP contribution in [0.15, 0.2) is 83.8 Å². The molecule has 0 aliphatic heterocycles. The van der Waals surface area contributed by atoms with Crippen LogP contribution in [-0.4, -0.2) is 23.4 Å². The first-order valence-electron chi connectivity index (χ1n) is 10.7. The summed E-state index contributed by atoms with van der Waals surface area (Å²) < 4.78 is 6.61. The first kappa shape index (κ1) is 26.4. The highest BCUT2D eigenvalue weighted by atomic mass is 127. The van der Waals surface area contributed by atoms with E-state index in [-0.39, 0.29) is 11.7 Å². The first-order chi connectivity index (χ1) is 16.8. The fourth-order valence-corrected chi connectivity index (χ4v) is 4.19. The second-order valence-electron chi connectivity index (χ2n) is 7.68. The molecule has 0 aromatic heterocycles. The molecule has 0 radical (unpaired) electrons. The molecular weight excluding hydrogens is 577 g/mol. The van der Waals surface area contributed by atoms with E-state index in [0.717, 1.165) is 8.47 Å². The molecule has 0 heterocycles. The number of halogens is 1. The van der Waals surface area contributed by atoms with E-state index in [1.807, 2.05) is 18.4 Å². The predicted molar refractivity (Wildman–Crippen MR) is 150 cm³/mol. The summed E-state index contributed by atoms with van der Waals surface area (Å²) in [5.74, 6) is -0.824. The van der Waals surface area contributed by atoms with Gasteiger partial charge in [-0.3, -0.25) is 10.1 Å². The van der Waals surface area contributed by atoms with Crippen LogP contribution in [-0.2, 0) is 9.53 Å². The number of phenolic OH excluding ortho intramolecular Hbond substituents is 1. The molecule has 9 heteroatoms. The minimum absolute atomic E-state index is 0.00528. The van der Waals surface area contributed by atoms with Gasteiger partial charge in [-0.15, -0.1) is 11.8 Å². The van der Waals surface area contributed by atoms with E-state index in [1.165, 1.54) is 6.08 Å². The Bertz CT molecular complexity index is 1220. The molecule has 7 nitrogen and oxygen atoms in total. The number of nitrogens with one attached hydrogen (secondary N) is 2.